The Balaban J connectivity index is 1.70. The van der Waals surface area contributed by atoms with Gasteiger partial charge in [0.25, 0.3) is 0 Å². The van der Waals surface area contributed by atoms with Gasteiger partial charge in [0.2, 0.25) is 0 Å². The second-order valence-corrected chi connectivity index (χ2v) is 5.72. The van der Waals surface area contributed by atoms with Crippen molar-refractivity contribution in [3.63, 3.8) is 0 Å². The number of nitrogens with two attached hydrogens (primary N) is 1. The molecule has 2 rings (SSSR count). The summed E-state index contributed by atoms with van der Waals surface area (Å²) in [5.74, 6) is -1.54. The summed E-state index contributed by atoms with van der Waals surface area (Å²) in [6.45, 7) is 6.67. The largest absolute Gasteiger partial charge is 0.330 e. The molecular weight excluding hydrogens is 272 g/mol. The van der Waals surface area contributed by atoms with Crippen LogP contribution in [0.15, 0.2) is 18.2 Å². The van der Waals surface area contributed by atoms with Crippen molar-refractivity contribution in [1.29, 1.82) is 0 Å². The van der Waals surface area contributed by atoms with Gasteiger partial charge in [0.1, 0.15) is 0 Å². The first-order valence-electron chi connectivity index (χ1n) is 7.78. The minimum atomic E-state index is -0.777. The second-order valence-electron chi connectivity index (χ2n) is 5.72. The fourth-order valence-corrected chi connectivity index (χ4v) is 2.72. The lowest BCUT2D eigenvalue weighted by atomic mass is 10.1. The van der Waals surface area contributed by atoms with Gasteiger partial charge in [-0.3, -0.25) is 4.90 Å². The van der Waals surface area contributed by atoms with E-state index >= 15 is 0 Å². The van der Waals surface area contributed by atoms with Gasteiger partial charge in [0.15, 0.2) is 11.6 Å². The third kappa shape index (κ3) is 5.34. The highest BCUT2D eigenvalue weighted by Crippen LogP contribution is 2.13. The predicted molar refractivity (Wildman–Crippen MR) is 81.0 cm³/mol. The average molecular weight is 297 g/mol. The normalized spacial score (nSPS) is 17.3. The summed E-state index contributed by atoms with van der Waals surface area (Å²) in [5, 5.41) is 0. The Morgan fingerprint density at radius 1 is 0.905 bits per heavy atom. The van der Waals surface area contributed by atoms with E-state index in [0.717, 1.165) is 51.3 Å². The molecule has 0 bridgehead atoms. The molecule has 1 fully saturated rings. The molecule has 1 heterocycles. The molecule has 1 saturated heterocycles. The van der Waals surface area contributed by atoms with Crippen molar-refractivity contribution in [1.82, 2.24) is 9.80 Å². The van der Waals surface area contributed by atoms with Crippen LogP contribution in [0.3, 0.4) is 0 Å². The van der Waals surface area contributed by atoms with Crippen molar-refractivity contribution in [2.45, 2.75) is 25.8 Å². The van der Waals surface area contributed by atoms with E-state index in [1.165, 1.54) is 25.0 Å². The molecular formula is C16H25F2N3. The summed E-state index contributed by atoms with van der Waals surface area (Å²) in [6.07, 6.45) is 3.52. The Labute approximate surface area is 125 Å². The molecule has 118 valence electrons. The minimum Gasteiger partial charge on any atom is -0.330 e. The molecule has 0 aromatic heterocycles. The van der Waals surface area contributed by atoms with Crippen molar-refractivity contribution in [2.75, 3.05) is 39.3 Å². The molecule has 3 nitrogen and oxygen atoms in total. The van der Waals surface area contributed by atoms with Crippen LogP contribution in [0.25, 0.3) is 0 Å². The van der Waals surface area contributed by atoms with E-state index in [2.05, 4.69) is 9.80 Å². The third-order valence-electron chi connectivity index (χ3n) is 4.03. The highest BCUT2D eigenvalue weighted by molar-refractivity contribution is 5.17. The monoisotopic (exact) mass is 297 g/mol. The quantitative estimate of drug-likeness (QED) is 0.783. The first-order chi connectivity index (χ1) is 10.2. The maximum Gasteiger partial charge on any atom is 0.159 e. The standard InChI is InChI=1S/C16H25F2N3/c17-15-5-4-14(12-16(15)18)13-21-10-8-20(9-11-21)7-3-1-2-6-19/h4-5,12H,1-3,6-11,13,19H2. The van der Waals surface area contributed by atoms with Crippen molar-refractivity contribution >= 4 is 0 Å². The molecule has 0 saturated carbocycles. The highest BCUT2D eigenvalue weighted by atomic mass is 19.2. The van der Waals surface area contributed by atoms with E-state index in [9.17, 15) is 8.78 Å². The Bertz CT molecular complexity index is 432. The third-order valence-corrected chi connectivity index (χ3v) is 4.03. The zero-order valence-electron chi connectivity index (χ0n) is 12.5. The van der Waals surface area contributed by atoms with E-state index in [4.69, 9.17) is 5.73 Å². The molecule has 0 radical (unpaired) electrons. The number of halogens is 2. The maximum atomic E-state index is 13.2. The lowest BCUT2D eigenvalue weighted by Gasteiger charge is -2.34. The SMILES string of the molecule is NCCCCCN1CCN(Cc2ccc(F)c(F)c2)CC1. The van der Waals surface area contributed by atoms with Crippen LogP contribution in [0.4, 0.5) is 8.78 Å². The average Bonchev–Trinajstić information content (AvgIpc) is 2.49. The van der Waals surface area contributed by atoms with Gasteiger partial charge in [-0.25, -0.2) is 8.78 Å². The number of nitrogens with zero attached hydrogens (tertiary/aromatic N) is 2. The molecule has 0 atom stereocenters. The summed E-state index contributed by atoms with van der Waals surface area (Å²) in [5.41, 5.74) is 6.33. The number of unbranched alkanes of at least 4 members (excludes halogenated alkanes) is 2. The summed E-state index contributed by atoms with van der Waals surface area (Å²) < 4.78 is 26.1. The summed E-state index contributed by atoms with van der Waals surface area (Å²) in [4.78, 5) is 4.77. The van der Waals surface area contributed by atoms with Crippen LogP contribution in [0.5, 0.6) is 0 Å². The number of rotatable bonds is 7. The molecule has 5 heteroatoms. The van der Waals surface area contributed by atoms with E-state index < -0.39 is 11.6 Å². The summed E-state index contributed by atoms with van der Waals surface area (Å²) in [6, 6.07) is 4.17. The van der Waals surface area contributed by atoms with Crippen LogP contribution in [0.1, 0.15) is 24.8 Å². The van der Waals surface area contributed by atoms with Gasteiger partial charge in [-0.15, -0.1) is 0 Å². The van der Waals surface area contributed by atoms with Crippen LogP contribution in [-0.4, -0.2) is 49.1 Å². The number of hydrogen-bond donors (Lipinski definition) is 1. The second kappa shape index (κ2) is 8.41. The van der Waals surface area contributed by atoms with Crippen LogP contribution in [0, 0.1) is 11.6 Å². The molecule has 1 aromatic rings. The van der Waals surface area contributed by atoms with Gasteiger partial charge < -0.3 is 10.6 Å². The molecule has 1 aromatic carbocycles. The van der Waals surface area contributed by atoms with Gasteiger partial charge in [-0.2, -0.15) is 0 Å². The molecule has 0 aliphatic carbocycles. The smallest absolute Gasteiger partial charge is 0.159 e. The number of hydrogen-bond acceptors (Lipinski definition) is 3. The first kappa shape index (κ1) is 16.3. The Hall–Kier alpha value is -1.04. The van der Waals surface area contributed by atoms with Crippen molar-refractivity contribution in [3.05, 3.63) is 35.4 Å². The van der Waals surface area contributed by atoms with Gasteiger partial charge in [0.05, 0.1) is 0 Å². The zero-order valence-corrected chi connectivity index (χ0v) is 12.5. The Morgan fingerprint density at radius 3 is 2.29 bits per heavy atom. The van der Waals surface area contributed by atoms with Gasteiger partial charge in [-0.05, 0) is 43.6 Å². The number of piperazine rings is 1. The van der Waals surface area contributed by atoms with Gasteiger partial charge in [-0.1, -0.05) is 12.5 Å². The van der Waals surface area contributed by atoms with E-state index in [1.54, 1.807) is 6.07 Å². The lowest BCUT2D eigenvalue weighted by molar-refractivity contribution is 0.125. The van der Waals surface area contributed by atoms with Crippen LogP contribution in [-0.2, 0) is 6.54 Å². The minimum absolute atomic E-state index is 0.693. The van der Waals surface area contributed by atoms with E-state index in [0.29, 0.717) is 6.54 Å². The summed E-state index contributed by atoms with van der Waals surface area (Å²) in [7, 11) is 0. The maximum absolute atomic E-state index is 13.2. The van der Waals surface area contributed by atoms with Gasteiger partial charge >= 0.3 is 0 Å². The molecule has 1 aliphatic rings. The van der Waals surface area contributed by atoms with Crippen LogP contribution in [0.2, 0.25) is 0 Å². The zero-order chi connectivity index (χ0) is 15.1. The first-order valence-corrected chi connectivity index (χ1v) is 7.78. The fourth-order valence-electron chi connectivity index (χ4n) is 2.72. The Kier molecular flexibility index (Phi) is 6.54. The molecule has 1 aliphatic heterocycles. The molecule has 0 amide bonds. The molecule has 0 unspecified atom stereocenters. The Morgan fingerprint density at radius 2 is 1.62 bits per heavy atom. The van der Waals surface area contributed by atoms with Crippen molar-refractivity contribution < 1.29 is 8.78 Å². The summed E-state index contributed by atoms with van der Waals surface area (Å²) >= 11 is 0. The topological polar surface area (TPSA) is 32.5 Å². The molecule has 2 N–H and O–H groups in total. The van der Waals surface area contributed by atoms with Crippen molar-refractivity contribution in [2.24, 2.45) is 5.73 Å². The number of benzene rings is 1. The van der Waals surface area contributed by atoms with Gasteiger partial charge in [0, 0.05) is 32.7 Å². The highest BCUT2D eigenvalue weighted by Gasteiger charge is 2.16. The molecule has 0 spiro atoms. The van der Waals surface area contributed by atoms with Crippen molar-refractivity contribution in [3.8, 4) is 0 Å². The lowest BCUT2D eigenvalue weighted by Crippen LogP contribution is -2.46. The fraction of sp³-hybridized carbons (Fsp3) is 0.625. The predicted octanol–water partition coefficient (Wildman–Crippen LogP) is 2.21. The van der Waals surface area contributed by atoms with E-state index in [1.807, 2.05) is 0 Å². The van der Waals surface area contributed by atoms with Crippen LogP contribution < -0.4 is 5.73 Å². The van der Waals surface area contributed by atoms with E-state index in [-0.39, 0.29) is 0 Å². The van der Waals surface area contributed by atoms with Crippen LogP contribution >= 0.6 is 0 Å². The molecule has 21 heavy (non-hydrogen) atoms.